The summed E-state index contributed by atoms with van der Waals surface area (Å²) in [6.07, 6.45) is 3.70. The van der Waals surface area contributed by atoms with Crippen LogP contribution in [0.4, 0.5) is 9.93 Å². The van der Waals surface area contributed by atoms with Crippen molar-refractivity contribution < 1.29 is 14.7 Å². The van der Waals surface area contributed by atoms with Gasteiger partial charge in [0, 0.05) is 31.1 Å². The lowest BCUT2D eigenvalue weighted by atomic mass is 9.85. The first-order chi connectivity index (χ1) is 9.56. The molecule has 1 fully saturated rings. The largest absolute Gasteiger partial charge is 0.481 e. The van der Waals surface area contributed by atoms with E-state index in [4.69, 9.17) is 5.11 Å². The molecule has 0 aromatic carbocycles. The standard InChI is InChI=1S/C13H19N3O3S/c1-9(7-11(17)18)10-3-2-5-16(8-10)13(19)15-12-14-4-6-20-12/h4,6,9-10H,2-3,5,7-8H2,1H3,(H,17,18)(H,14,15,19). The lowest BCUT2D eigenvalue weighted by molar-refractivity contribution is -0.138. The number of amides is 2. The molecule has 0 radical (unpaired) electrons. The van der Waals surface area contributed by atoms with Gasteiger partial charge in [-0.1, -0.05) is 6.92 Å². The van der Waals surface area contributed by atoms with Gasteiger partial charge in [-0.2, -0.15) is 0 Å². The number of nitrogens with one attached hydrogen (secondary N) is 1. The maximum absolute atomic E-state index is 12.1. The summed E-state index contributed by atoms with van der Waals surface area (Å²) >= 11 is 1.38. The van der Waals surface area contributed by atoms with Crippen LogP contribution in [0.2, 0.25) is 0 Å². The molecule has 2 atom stereocenters. The number of rotatable bonds is 4. The van der Waals surface area contributed by atoms with E-state index in [2.05, 4.69) is 10.3 Å². The fourth-order valence-electron chi connectivity index (χ4n) is 2.56. The number of anilines is 1. The average molecular weight is 297 g/mol. The first kappa shape index (κ1) is 14.8. The summed E-state index contributed by atoms with van der Waals surface area (Å²) in [5.41, 5.74) is 0. The molecule has 1 aromatic rings. The van der Waals surface area contributed by atoms with Crippen molar-refractivity contribution in [3.63, 3.8) is 0 Å². The Morgan fingerprint density at radius 2 is 2.45 bits per heavy atom. The Morgan fingerprint density at radius 1 is 1.65 bits per heavy atom. The van der Waals surface area contributed by atoms with Crippen molar-refractivity contribution in [3.05, 3.63) is 11.6 Å². The number of aromatic nitrogens is 1. The predicted octanol–water partition coefficient (Wildman–Crippen LogP) is 2.50. The molecule has 0 saturated carbocycles. The van der Waals surface area contributed by atoms with Gasteiger partial charge in [0.1, 0.15) is 0 Å². The zero-order valence-corrected chi connectivity index (χ0v) is 12.2. The summed E-state index contributed by atoms with van der Waals surface area (Å²) < 4.78 is 0. The minimum absolute atomic E-state index is 0.0861. The van der Waals surface area contributed by atoms with Crippen LogP contribution in [0.3, 0.4) is 0 Å². The fraction of sp³-hybridized carbons (Fsp3) is 0.615. The van der Waals surface area contributed by atoms with Crippen molar-refractivity contribution >= 4 is 28.5 Å². The van der Waals surface area contributed by atoms with E-state index in [0.29, 0.717) is 18.2 Å². The number of nitrogens with zero attached hydrogens (tertiary/aromatic N) is 2. The molecule has 0 spiro atoms. The van der Waals surface area contributed by atoms with Crippen LogP contribution in [0.25, 0.3) is 0 Å². The van der Waals surface area contributed by atoms with E-state index in [0.717, 1.165) is 12.8 Å². The van der Waals surface area contributed by atoms with Crippen LogP contribution in [-0.2, 0) is 4.79 Å². The van der Waals surface area contributed by atoms with Crippen LogP contribution in [0.1, 0.15) is 26.2 Å². The molecule has 1 aromatic heterocycles. The van der Waals surface area contributed by atoms with E-state index in [1.165, 1.54) is 11.3 Å². The van der Waals surface area contributed by atoms with Crippen molar-refractivity contribution in [2.45, 2.75) is 26.2 Å². The lowest BCUT2D eigenvalue weighted by Crippen LogP contribution is -2.44. The van der Waals surface area contributed by atoms with E-state index >= 15 is 0 Å². The topological polar surface area (TPSA) is 82.5 Å². The Labute approximate surface area is 121 Å². The molecule has 20 heavy (non-hydrogen) atoms. The highest BCUT2D eigenvalue weighted by atomic mass is 32.1. The molecule has 0 bridgehead atoms. The molecule has 2 amide bonds. The van der Waals surface area contributed by atoms with Crippen molar-refractivity contribution in [1.29, 1.82) is 0 Å². The Hall–Kier alpha value is -1.63. The zero-order chi connectivity index (χ0) is 14.5. The maximum atomic E-state index is 12.1. The highest BCUT2D eigenvalue weighted by Gasteiger charge is 2.28. The molecule has 110 valence electrons. The molecule has 6 nitrogen and oxygen atoms in total. The Morgan fingerprint density at radius 3 is 3.10 bits per heavy atom. The van der Waals surface area contributed by atoms with Gasteiger partial charge in [-0.05, 0) is 24.7 Å². The van der Waals surface area contributed by atoms with E-state index in [-0.39, 0.29) is 24.3 Å². The van der Waals surface area contributed by atoms with Crippen LogP contribution in [0.15, 0.2) is 11.6 Å². The monoisotopic (exact) mass is 297 g/mol. The van der Waals surface area contributed by atoms with Crippen LogP contribution >= 0.6 is 11.3 Å². The number of carboxylic acids is 1. The molecule has 1 saturated heterocycles. The number of carbonyl (C=O) groups is 2. The van der Waals surface area contributed by atoms with Crippen LogP contribution in [-0.4, -0.2) is 40.1 Å². The van der Waals surface area contributed by atoms with Gasteiger partial charge in [-0.15, -0.1) is 11.3 Å². The van der Waals surface area contributed by atoms with Gasteiger partial charge in [0.2, 0.25) is 0 Å². The third-order valence-corrected chi connectivity index (χ3v) is 4.38. The molecule has 1 aliphatic rings. The number of carbonyl (C=O) groups excluding carboxylic acids is 1. The second kappa shape index (κ2) is 6.69. The molecule has 2 N–H and O–H groups in total. The molecular formula is C13H19N3O3S. The summed E-state index contributed by atoms with van der Waals surface area (Å²) in [6, 6.07) is -0.146. The number of aliphatic carboxylic acids is 1. The number of piperidine rings is 1. The second-order valence-corrected chi connectivity index (χ2v) is 6.09. The number of likely N-dealkylation sites (tertiary alicyclic amines) is 1. The smallest absolute Gasteiger partial charge is 0.323 e. The number of hydrogen-bond donors (Lipinski definition) is 2. The number of thiazole rings is 1. The van der Waals surface area contributed by atoms with Gasteiger partial charge in [0.05, 0.1) is 0 Å². The minimum atomic E-state index is -0.776. The van der Waals surface area contributed by atoms with Crippen molar-refractivity contribution in [1.82, 2.24) is 9.88 Å². The van der Waals surface area contributed by atoms with Crippen molar-refractivity contribution in [2.75, 3.05) is 18.4 Å². The first-order valence-corrected chi connectivity index (χ1v) is 7.61. The molecular weight excluding hydrogens is 278 g/mol. The molecule has 2 rings (SSSR count). The van der Waals surface area contributed by atoms with Gasteiger partial charge in [-0.3, -0.25) is 10.1 Å². The van der Waals surface area contributed by atoms with Crippen LogP contribution in [0, 0.1) is 11.8 Å². The Kier molecular flexibility index (Phi) is 4.94. The van der Waals surface area contributed by atoms with E-state index in [1.54, 1.807) is 11.1 Å². The Balaban J connectivity index is 1.89. The molecule has 2 unspecified atom stereocenters. The van der Waals surface area contributed by atoms with E-state index < -0.39 is 5.97 Å². The predicted molar refractivity (Wildman–Crippen MR) is 76.8 cm³/mol. The van der Waals surface area contributed by atoms with Gasteiger partial charge < -0.3 is 10.0 Å². The zero-order valence-electron chi connectivity index (χ0n) is 11.4. The summed E-state index contributed by atoms with van der Waals surface area (Å²) in [4.78, 5) is 28.7. The average Bonchev–Trinajstić information content (AvgIpc) is 2.91. The maximum Gasteiger partial charge on any atom is 0.323 e. The third-order valence-electron chi connectivity index (χ3n) is 3.69. The number of carboxylic acid groups (broad SMARTS) is 1. The van der Waals surface area contributed by atoms with Crippen LogP contribution < -0.4 is 5.32 Å². The van der Waals surface area contributed by atoms with Crippen molar-refractivity contribution in [2.24, 2.45) is 11.8 Å². The highest BCUT2D eigenvalue weighted by Crippen LogP contribution is 2.26. The summed E-state index contributed by atoms with van der Waals surface area (Å²) in [5.74, 6) is -0.438. The SMILES string of the molecule is CC(CC(=O)O)C1CCCN(C(=O)Nc2nccs2)C1. The summed E-state index contributed by atoms with van der Waals surface area (Å²) in [5, 5.41) is 14.0. The highest BCUT2D eigenvalue weighted by molar-refractivity contribution is 7.13. The third kappa shape index (κ3) is 3.93. The fourth-order valence-corrected chi connectivity index (χ4v) is 3.08. The number of urea groups is 1. The molecule has 7 heteroatoms. The minimum Gasteiger partial charge on any atom is -0.481 e. The van der Waals surface area contributed by atoms with Gasteiger partial charge in [0.15, 0.2) is 5.13 Å². The van der Waals surface area contributed by atoms with E-state index in [9.17, 15) is 9.59 Å². The van der Waals surface area contributed by atoms with Gasteiger partial charge in [0.25, 0.3) is 0 Å². The quantitative estimate of drug-likeness (QED) is 0.894. The number of hydrogen-bond acceptors (Lipinski definition) is 4. The van der Waals surface area contributed by atoms with Crippen molar-refractivity contribution in [3.8, 4) is 0 Å². The molecule has 2 heterocycles. The second-order valence-electron chi connectivity index (χ2n) is 5.19. The normalized spacial score (nSPS) is 20.4. The Bertz CT molecular complexity index is 463. The lowest BCUT2D eigenvalue weighted by Gasteiger charge is -2.35. The first-order valence-electron chi connectivity index (χ1n) is 6.73. The van der Waals surface area contributed by atoms with Crippen LogP contribution in [0.5, 0.6) is 0 Å². The summed E-state index contributed by atoms with van der Waals surface area (Å²) in [7, 11) is 0. The van der Waals surface area contributed by atoms with Gasteiger partial charge >= 0.3 is 12.0 Å². The van der Waals surface area contributed by atoms with E-state index in [1.807, 2.05) is 12.3 Å². The molecule has 0 aliphatic carbocycles. The summed E-state index contributed by atoms with van der Waals surface area (Å²) in [6.45, 7) is 3.28. The van der Waals surface area contributed by atoms with Gasteiger partial charge in [-0.25, -0.2) is 9.78 Å². The molecule has 1 aliphatic heterocycles.